The van der Waals surface area contributed by atoms with E-state index in [9.17, 15) is 0 Å². The lowest BCUT2D eigenvalue weighted by molar-refractivity contribution is 0.636. The number of nitrogens with one attached hydrogen (secondary N) is 1. The van der Waals surface area contributed by atoms with E-state index in [1.807, 2.05) is 18.2 Å². The molecule has 0 aromatic heterocycles. The largest absolute Gasteiger partial charge is 0.271 e. The Kier molecular flexibility index (Phi) is 3.34. The molecule has 82 valence electrons. The van der Waals surface area contributed by atoms with Crippen LogP contribution in [0.2, 0.25) is 0 Å². The number of nitrogens with two attached hydrogens (primary N) is 1. The van der Waals surface area contributed by atoms with Crippen LogP contribution in [0.3, 0.4) is 0 Å². The molecule has 0 bridgehead atoms. The second-order valence-electron chi connectivity index (χ2n) is 3.92. The Bertz CT molecular complexity index is 451. The molecule has 0 saturated carbocycles. The zero-order valence-corrected chi connectivity index (χ0v) is 9.35. The van der Waals surface area contributed by atoms with Gasteiger partial charge in [0, 0.05) is 0 Å². The quantitative estimate of drug-likeness (QED) is 0.606. The molecule has 0 heterocycles. The highest BCUT2D eigenvalue weighted by atomic mass is 15.2. The van der Waals surface area contributed by atoms with Crippen molar-refractivity contribution in [2.75, 3.05) is 0 Å². The average molecular weight is 212 g/mol. The van der Waals surface area contributed by atoms with Crippen molar-refractivity contribution in [3.05, 3.63) is 71.3 Å². The summed E-state index contributed by atoms with van der Waals surface area (Å²) in [5.74, 6) is 5.64. The fraction of sp³-hybridized carbons (Fsp3) is 0.143. The lowest BCUT2D eigenvalue weighted by Crippen LogP contribution is -2.28. The van der Waals surface area contributed by atoms with Gasteiger partial charge in [-0.1, -0.05) is 60.2 Å². The van der Waals surface area contributed by atoms with E-state index in [4.69, 9.17) is 5.84 Å². The fourth-order valence-electron chi connectivity index (χ4n) is 1.88. The first-order valence-electron chi connectivity index (χ1n) is 5.39. The Morgan fingerprint density at radius 3 is 2.25 bits per heavy atom. The molecule has 3 N–H and O–H groups in total. The highest BCUT2D eigenvalue weighted by Gasteiger charge is 2.11. The van der Waals surface area contributed by atoms with Crippen LogP contribution >= 0.6 is 0 Å². The molecule has 16 heavy (non-hydrogen) atoms. The van der Waals surface area contributed by atoms with Crippen LogP contribution in [0, 0.1) is 6.92 Å². The van der Waals surface area contributed by atoms with Gasteiger partial charge in [0.05, 0.1) is 6.04 Å². The topological polar surface area (TPSA) is 38.0 Å². The van der Waals surface area contributed by atoms with Gasteiger partial charge in [0.1, 0.15) is 0 Å². The molecule has 2 rings (SSSR count). The molecule has 2 aromatic carbocycles. The molecular formula is C14H16N2. The Morgan fingerprint density at radius 2 is 1.62 bits per heavy atom. The maximum Gasteiger partial charge on any atom is 0.0710 e. The van der Waals surface area contributed by atoms with Crippen LogP contribution in [-0.2, 0) is 0 Å². The van der Waals surface area contributed by atoms with Crippen molar-refractivity contribution in [1.29, 1.82) is 0 Å². The smallest absolute Gasteiger partial charge is 0.0710 e. The fourth-order valence-corrected chi connectivity index (χ4v) is 1.88. The highest BCUT2D eigenvalue weighted by molar-refractivity contribution is 5.33. The Labute approximate surface area is 96.1 Å². The van der Waals surface area contributed by atoms with Crippen LogP contribution in [0.25, 0.3) is 0 Å². The lowest BCUT2D eigenvalue weighted by atomic mass is 9.98. The number of benzene rings is 2. The van der Waals surface area contributed by atoms with E-state index in [2.05, 4.69) is 48.7 Å². The van der Waals surface area contributed by atoms with E-state index in [0.29, 0.717) is 0 Å². The summed E-state index contributed by atoms with van der Waals surface area (Å²) >= 11 is 0. The zero-order valence-electron chi connectivity index (χ0n) is 9.35. The molecule has 0 spiro atoms. The molecule has 0 fully saturated rings. The summed E-state index contributed by atoms with van der Waals surface area (Å²) in [6.07, 6.45) is 0. The Hall–Kier alpha value is -1.64. The van der Waals surface area contributed by atoms with E-state index >= 15 is 0 Å². The SMILES string of the molecule is Cc1cccc([C@@H](NN)c2ccccc2)c1. The van der Waals surface area contributed by atoms with Crippen molar-refractivity contribution in [3.63, 3.8) is 0 Å². The summed E-state index contributed by atoms with van der Waals surface area (Å²) in [5, 5.41) is 0. The maximum absolute atomic E-state index is 5.64. The third kappa shape index (κ3) is 2.30. The van der Waals surface area contributed by atoms with Gasteiger partial charge in [-0.3, -0.25) is 5.84 Å². The molecule has 0 radical (unpaired) electrons. The van der Waals surface area contributed by atoms with Gasteiger partial charge in [-0.25, -0.2) is 5.43 Å². The standard InChI is InChI=1S/C14H16N2/c1-11-6-5-9-13(10-11)14(16-15)12-7-3-2-4-8-12/h2-10,14,16H,15H2,1H3/t14-/m0/s1. The Morgan fingerprint density at radius 1 is 0.938 bits per heavy atom. The van der Waals surface area contributed by atoms with Crippen molar-refractivity contribution in [1.82, 2.24) is 5.43 Å². The second kappa shape index (κ2) is 4.92. The summed E-state index contributed by atoms with van der Waals surface area (Å²) in [5.41, 5.74) is 6.47. The molecule has 0 saturated heterocycles. The molecule has 0 unspecified atom stereocenters. The number of rotatable bonds is 3. The van der Waals surface area contributed by atoms with Crippen molar-refractivity contribution in [2.24, 2.45) is 5.84 Å². The van der Waals surface area contributed by atoms with Gasteiger partial charge in [0.25, 0.3) is 0 Å². The first-order chi connectivity index (χ1) is 7.81. The van der Waals surface area contributed by atoms with Crippen LogP contribution in [-0.4, -0.2) is 0 Å². The average Bonchev–Trinajstić information content (AvgIpc) is 2.31. The van der Waals surface area contributed by atoms with E-state index in [0.717, 1.165) is 0 Å². The first-order valence-corrected chi connectivity index (χ1v) is 5.39. The van der Waals surface area contributed by atoms with Crippen LogP contribution in [0.4, 0.5) is 0 Å². The number of aryl methyl sites for hydroxylation is 1. The highest BCUT2D eigenvalue weighted by Crippen LogP contribution is 2.21. The van der Waals surface area contributed by atoms with Gasteiger partial charge >= 0.3 is 0 Å². The third-order valence-corrected chi connectivity index (χ3v) is 2.68. The molecule has 2 nitrogen and oxygen atoms in total. The van der Waals surface area contributed by atoms with Gasteiger partial charge in [-0.2, -0.15) is 0 Å². The monoisotopic (exact) mass is 212 g/mol. The van der Waals surface area contributed by atoms with Gasteiger partial charge < -0.3 is 0 Å². The van der Waals surface area contributed by atoms with Gasteiger partial charge in [0.15, 0.2) is 0 Å². The second-order valence-corrected chi connectivity index (χ2v) is 3.92. The predicted molar refractivity (Wildman–Crippen MR) is 66.8 cm³/mol. The summed E-state index contributed by atoms with van der Waals surface area (Å²) in [4.78, 5) is 0. The summed E-state index contributed by atoms with van der Waals surface area (Å²) in [6, 6.07) is 18.6. The molecule has 0 amide bonds. The molecular weight excluding hydrogens is 196 g/mol. The van der Waals surface area contributed by atoms with Crippen LogP contribution in [0.1, 0.15) is 22.7 Å². The molecule has 1 atom stereocenters. The predicted octanol–water partition coefficient (Wildman–Crippen LogP) is 2.55. The van der Waals surface area contributed by atoms with Crippen LogP contribution < -0.4 is 11.3 Å². The van der Waals surface area contributed by atoms with E-state index in [1.165, 1.54) is 16.7 Å². The van der Waals surface area contributed by atoms with Gasteiger partial charge in [-0.05, 0) is 18.1 Å². The van der Waals surface area contributed by atoms with Crippen molar-refractivity contribution in [2.45, 2.75) is 13.0 Å². The number of hydrogen-bond acceptors (Lipinski definition) is 2. The first kappa shape index (κ1) is 10.9. The summed E-state index contributed by atoms with van der Waals surface area (Å²) in [7, 11) is 0. The molecule has 0 aliphatic heterocycles. The normalized spacial score (nSPS) is 12.4. The van der Waals surface area contributed by atoms with Crippen molar-refractivity contribution < 1.29 is 0 Å². The molecule has 2 heteroatoms. The minimum atomic E-state index is 0.0566. The maximum atomic E-state index is 5.64. The van der Waals surface area contributed by atoms with Crippen LogP contribution in [0.15, 0.2) is 54.6 Å². The van der Waals surface area contributed by atoms with E-state index in [-0.39, 0.29) is 6.04 Å². The minimum Gasteiger partial charge on any atom is -0.271 e. The Balaban J connectivity index is 2.37. The molecule has 2 aromatic rings. The molecule has 0 aliphatic rings. The zero-order chi connectivity index (χ0) is 11.4. The van der Waals surface area contributed by atoms with Crippen molar-refractivity contribution in [3.8, 4) is 0 Å². The van der Waals surface area contributed by atoms with Crippen LogP contribution in [0.5, 0.6) is 0 Å². The third-order valence-electron chi connectivity index (χ3n) is 2.68. The number of hydrogen-bond donors (Lipinski definition) is 2. The minimum absolute atomic E-state index is 0.0566. The van der Waals surface area contributed by atoms with E-state index < -0.39 is 0 Å². The number of hydrazine groups is 1. The van der Waals surface area contributed by atoms with Crippen molar-refractivity contribution >= 4 is 0 Å². The summed E-state index contributed by atoms with van der Waals surface area (Å²) < 4.78 is 0. The molecule has 0 aliphatic carbocycles. The van der Waals surface area contributed by atoms with Gasteiger partial charge in [-0.15, -0.1) is 0 Å². The van der Waals surface area contributed by atoms with E-state index in [1.54, 1.807) is 0 Å². The lowest BCUT2D eigenvalue weighted by Gasteiger charge is -2.17. The summed E-state index contributed by atoms with van der Waals surface area (Å²) in [6.45, 7) is 2.09. The van der Waals surface area contributed by atoms with Gasteiger partial charge in [0.2, 0.25) is 0 Å².